The molecule has 94 valence electrons. The van der Waals surface area contributed by atoms with E-state index in [2.05, 4.69) is 13.0 Å². The molecule has 2 aromatic rings. The van der Waals surface area contributed by atoms with Crippen LogP contribution in [0.1, 0.15) is 18.2 Å². The average Bonchev–Trinajstić information content (AvgIpc) is 2.85. The highest BCUT2D eigenvalue weighted by Crippen LogP contribution is 2.31. The number of thiophene rings is 1. The number of hydrogen-bond acceptors (Lipinski definition) is 2. The van der Waals surface area contributed by atoms with Crippen molar-refractivity contribution in [3.8, 4) is 10.4 Å². The van der Waals surface area contributed by atoms with Crippen LogP contribution in [0.3, 0.4) is 0 Å². The summed E-state index contributed by atoms with van der Waals surface area (Å²) in [5, 5.41) is 0. The van der Waals surface area contributed by atoms with Crippen molar-refractivity contribution in [3.05, 3.63) is 52.7 Å². The molecule has 1 aromatic heterocycles. The van der Waals surface area contributed by atoms with Crippen molar-refractivity contribution >= 4 is 17.4 Å². The van der Waals surface area contributed by atoms with Crippen LogP contribution in [0.25, 0.3) is 16.5 Å². The van der Waals surface area contributed by atoms with Gasteiger partial charge in [0.1, 0.15) is 5.82 Å². The zero-order chi connectivity index (χ0) is 13.0. The van der Waals surface area contributed by atoms with E-state index in [9.17, 15) is 4.39 Å². The van der Waals surface area contributed by atoms with E-state index in [-0.39, 0.29) is 5.82 Å². The Morgan fingerprint density at radius 3 is 2.72 bits per heavy atom. The maximum Gasteiger partial charge on any atom is 0.131 e. The summed E-state index contributed by atoms with van der Waals surface area (Å²) >= 11 is 1.59. The molecule has 1 heterocycles. The lowest BCUT2D eigenvalue weighted by atomic mass is 10.1. The van der Waals surface area contributed by atoms with E-state index in [1.54, 1.807) is 23.5 Å². The zero-order valence-electron chi connectivity index (χ0n) is 10.3. The minimum Gasteiger partial charge on any atom is -0.327 e. The van der Waals surface area contributed by atoms with Crippen LogP contribution in [-0.4, -0.2) is 6.54 Å². The van der Waals surface area contributed by atoms with Crippen molar-refractivity contribution in [3.63, 3.8) is 0 Å². The molecule has 0 spiro atoms. The van der Waals surface area contributed by atoms with Gasteiger partial charge >= 0.3 is 0 Å². The van der Waals surface area contributed by atoms with E-state index >= 15 is 0 Å². The Hall–Kier alpha value is -1.45. The monoisotopic (exact) mass is 261 g/mol. The van der Waals surface area contributed by atoms with E-state index in [0.717, 1.165) is 16.2 Å². The molecule has 1 nitrogen and oxygen atoms in total. The van der Waals surface area contributed by atoms with E-state index in [1.165, 1.54) is 11.6 Å². The molecular weight excluding hydrogens is 245 g/mol. The second-order valence-corrected chi connectivity index (χ2v) is 5.16. The Morgan fingerprint density at radius 1 is 1.28 bits per heavy atom. The summed E-state index contributed by atoms with van der Waals surface area (Å²) in [4.78, 5) is 2.07. The van der Waals surface area contributed by atoms with E-state index in [4.69, 9.17) is 5.73 Å². The lowest BCUT2D eigenvalue weighted by Gasteiger charge is -1.99. The summed E-state index contributed by atoms with van der Waals surface area (Å²) in [6, 6.07) is 10.8. The Bertz CT molecular complexity index is 551. The van der Waals surface area contributed by atoms with Crippen LogP contribution >= 0.6 is 11.3 Å². The number of benzene rings is 1. The summed E-state index contributed by atoms with van der Waals surface area (Å²) < 4.78 is 13.7. The molecule has 0 saturated heterocycles. The molecule has 0 amide bonds. The van der Waals surface area contributed by atoms with Crippen LogP contribution in [0.2, 0.25) is 0 Å². The lowest BCUT2D eigenvalue weighted by molar-refractivity contribution is 0.631. The van der Waals surface area contributed by atoms with Crippen LogP contribution in [0, 0.1) is 5.82 Å². The molecule has 0 radical (unpaired) electrons. The molecule has 0 atom stereocenters. The SMILES string of the molecule is CCC(=Cc1ccc(-c2ccccc2F)s1)CN. The molecule has 0 saturated carbocycles. The fraction of sp³-hybridized carbons (Fsp3) is 0.200. The van der Waals surface area contributed by atoms with Crippen LogP contribution in [0.15, 0.2) is 42.0 Å². The quantitative estimate of drug-likeness (QED) is 0.872. The largest absolute Gasteiger partial charge is 0.327 e. The molecule has 2 N–H and O–H groups in total. The Labute approximate surface area is 111 Å². The smallest absolute Gasteiger partial charge is 0.131 e. The van der Waals surface area contributed by atoms with Gasteiger partial charge < -0.3 is 5.73 Å². The summed E-state index contributed by atoms with van der Waals surface area (Å²) in [5.74, 6) is -0.176. The first-order valence-corrected chi connectivity index (χ1v) is 6.80. The van der Waals surface area contributed by atoms with Crippen molar-refractivity contribution < 1.29 is 4.39 Å². The number of halogens is 1. The maximum atomic E-state index is 13.7. The zero-order valence-corrected chi connectivity index (χ0v) is 11.1. The highest BCUT2D eigenvalue weighted by atomic mass is 32.1. The van der Waals surface area contributed by atoms with Gasteiger partial charge in [-0.25, -0.2) is 4.39 Å². The van der Waals surface area contributed by atoms with Crippen LogP contribution in [0.5, 0.6) is 0 Å². The molecule has 18 heavy (non-hydrogen) atoms. The molecule has 0 bridgehead atoms. The van der Waals surface area contributed by atoms with Crippen molar-refractivity contribution in [2.75, 3.05) is 6.54 Å². The Kier molecular flexibility index (Phi) is 4.28. The molecule has 0 aliphatic carbocycles. The second-order valence-electron chi connectivity index (χ2n) is 4.04. The van der Waals surface area contributed by atoms with Crippen molar-refractivity contribution in [2.45, 2.75) is 13.3 Å². The average molecular weight is 261 g/mol. The molecular formula is C15H16FNS. The number of hydrogen-bond donors (Lipinski definition) is 1. The standard InChI is InChI=1S/C15H16FNS/c1-2-11(10-17)9-12-7-8-15(18-12)13-5-3-4-6-14(13)16/h3-9H,2,10,17H2,1H3. The highest BCUT2D eigenvalue weighted by molar-refractivity contribution is 7.16. The van der Waals surface area contributed by atoms with Gasteiger partial charge in [-0.2, -0.15) is 0 Å². The summed E-state index contributed by atoms with van der Waals surface area (Å²) in [6.45, 7) is 2.66. The van der Waals surface area contributed by atoms with Crippen LogP contribution in [-0.2, 0) is 0 Å². The number of nitrogens with two attached hydrogens (primary N) is 1. The summed E-state index contributed by atoms with van der Waals surface area (Å²) in [7, 11) is 0. The van der Waals surface area contributed by atoms with Gasteiger partial charge in [-0.05, 0) is 30.7 Å². The van der Waals surface area contributed by atoms with E-state index in [0.29, 0.717) is 12.1 Å². The second kappa shape index (κ2) is 5.94. The van der Waals surface area contributed by atoms with Gasteiger partial charge in [0.2, 0.25) is 0 Å². The van der Waals surface area contributed by atoms with Gasteiger partial charge in [0.15, 0.2) is 0 Å². The van der Waals surface area contributed by atoms with Gasteiger partial charge in [0.05, 0.1) is 0 Å². The minimum absolute atomic E-state index is 0.176. The van der Waals surface area contributed by atoms with Gasteiger partial charge in [-0.3, -0.25) is 0 Å². The third-order valence-electron chi connectivity index (χ3n) is 2.83. The topological polar surface area (TPSA) is 26.0 Å². The highest BCUT2D eigenvalue weighted by Gasteiger charge is 2.06. The van der Waals surface area contributed by atoms with Gasteiger partial charge in [0, 0.05) is 21.9 Å². The Balaban J connectivity index is 2.32. The first-order chi connectivity index (χ1) is 8.74. The van der Waals surface area contributed by atoms with Gasteiger partial charge in [-0.1, -0.05) is 30.7 Å². The molecule has 2 rings (SSSR count). The van der Waals surface area contributed by atoms with Crippen molar-refractivity contribution in [2.24, 2.45) is 5.73 Å². The van der Waals surface area contributed by atoms with Crippen molar-refractivity contribution in [1.29, 1.82) is 0 Å². The number of rotatable bonds is 4. The minimum atomic E-state index is -0.176. The van der Waals surface area contributed by atoms with Crippen molar-refractivity contribution in [1.82, 2.24) is 0 Å². The predicted molar refractivity (Wildman–Crippen MR) is 77.0 cm³/mol. The summed E-state index contributed by atoms with van der Waals surface area (Å²) in [5.41, 5.74) is 7.52. The predicted octanol–water partition coefficient (Wildman–Crippen LogP) is 4.31. The fourth-order valence-corrected chi connectivity index (χ4v) is 2.77. The molecule has 0 fully saturated rings. The van der Waals surface area contributed by atoms with Gasteiger partial charge in [0.25, 0.3) is 0 Å². The van der Waals surface area contributed by atoms with Crippen LogP contribution in [0.4, 0.5) is 4.39 Å². The lowest BCUT2D eigenvalue weighted by Crippen LogP contribution is -2.01. The summed E-state index contributed by atoms with van der Waals surface area (Å²) in [6.07, 6.45) is 3.04. The molecule has 1 aromatic carbocycles. The van der Waals surface area contributed by atoms with E-state index < -0.39 is 0 Å². The molecule has 0 unspecified atom stereocenters. The molecule has 0 aliphatic rings. The Morgan fingerprint density at radius 2 is 2.06 bits per heavy atom. The van der Waals surface area contributed by atoms with Gasteiger partial charge in [-0.15, -0.1) is 11.3 Å². The van der Waals surface area contributed by atoms with Crippen LogP contribution < -0.4 is 5.73 Å². The first-order valence-electron chi connectivity index (χ1n) is 5.99. The maximum absolute atomic E-state index is 13.7. The third-order valence-corrected chi connectivity index (χ3v) is 3.89. The first kappa shape index (κ1) is 13.0. The molecule has 3 heteroatoms. The molecule has 0 aliphatic heterocycles. The fourth-order valence-electron chi connectivity index (χ4n) is 1.74. The van der Waals surface area contributed by atoms with E-state index in [1.807, 2.05) is 18.2 Å². The normalized spacial score (nSPS) is 11.8. The third kappa shape index (κ3) is 2.86.